The Hall–Kier alpha value is -1.45. The molecule has 0 spiro atoms. The van der Waals surface area contributed by atoms with E-state index in [1.54, 1.807) is 11.3 Å². The van der Waals surface area contributed by atoms with Crippen LogP contribution in [0.4, 0.5) is 13.9 Å². The third kappa shape index (κ3) is 3.84. The lowest BCUT2D eigenvalue weighted by atomic mass is 10.3. The summed E-state index contributed by atoms with van der Waals surface area (Å²) < 4.78 is 23.1. The molecule has 3 rings (SSSR count). The van der Waals surface area contributed by atoms with Gasteiger partial charge in [0.15, 0.2) is 5.13 Å². The zero-order valence-electron chi connectivity index (χ0n) is 12.0. The molecule has 0 amide bonds. The third-order valence-electron chi connectivity index (χ3n) is 2.97. The fourth-order valence-electron chi connectivity index (χ4n) is 1.63. The van der Waals surface area contributed by atoms with Crippen LogP contribution in [-0.4, -0.2) is 34.3 Å². The van der Waals surface area contributed by atoms with Crippen LogP contribution < -0.4 is 5.32 Å². The monoisotopic (exact) mass is 347 g/mol. The van der Waals surface area contributed by atoms with Crippen LogP contribution in [0.1, 0.15) is 17.1 Å². The quantitative estimate of drug-likeness (QED) is 0.832. The second-order valence-corrected chi connectivity index (χ2v) is 6.62. The van der Waals surface area contributed by atoms with Crippen LogP contribution in [0.15, 0.2) is 5.38 Å². The van der Waals surface area contributed by atoms with Crippen LogP contribution in [0.2, 0.25) is 0 Å². The van der Waals surface area contributed by atoms with Gasteiger partial charge in [0, 0.05) is 18.8 Å². The topological polar surface area (TPSA) is 75.1 Å². The molecule has 2 aromatic heterocycles. The molecule has 0 bridgehead atoms. The number of rotatable bonds is 4. The lowest BCUT2D eigenvalue weighted by molar-refractivity contribution is -0.110. The summed E-state index contributed by atoms with van der Waals surface area (Å²) in [6.45, 7) is 1.93. The molecule has 1 unspecified atom stereocenters. The average Bonchev–Trinajstić information content (AvgIpc) is 2.89. The Balaban J connectivity index is 0.000000211. The van der Waals surface area contributed by atoms with Gasteiger partial charge >= 0.3 is 0 Å². The molecule has 0 aromatic carbocycles. The first-order valence-electron chi connectivity index (χ1n) is 6.45. The highest BCUT2D eigenvalue weighted by Crippen LogP contribution is 2.46. The maximum atomic E-state index is 11.6. The average molecular weight is 347 g/mol. The van der Waals surface area contributed by atoms with Crippen molar-refractivity contribution in [3.05, 3.63) is 16.1 Å². The fourth-order valence-corrected chi connectivity index (χ4v) is 3.25. The van der Waals surface area contributed by atoms with Gasteiger partial charge in [-0.3, -0.25) is 0 Å². The van der Waals surface area contributed by atoms with E-state index in [0.717, 1.165) is 26.4 Å². The standard InChI is InChI=1S/C9H11N3OS2.C4H4F2O/c1-5-8(15-7(3-13)11-5)6-4-14-9(10-2)12-6;5-4(6)1-3(4)2-7/h4,13H,3H2,1-2H3,(H,10,12);2-3H,1H2. The minimum atomic E-state index is -2.65. The van der Waals surface area contributed by atoms with Gasteiger partial charge in [0.05, 0.1) is 28.8 Å². The van der Waals surface area contributed by atoms with Gasteiger partial charge in [-0.05, 0) is 6.92 Å². The summed E-state index contributed by atoms with van der Waals surface area (Å²) in [5, 5.41) is 15.6. The van der Waals surface area contributed by atoms with E-state index < -0.39 is 11.8 Å². The Morgan fingerprint density at radius 2 is 2.23 bits per heavy atom. The number of halogens is 2. The van der Waals surface area contributed by atoms with Gasteiger partial charge in [-0.1, -0.05) is 0 Å². The highest BCUT2D eigenvalue weighted by Gasteiger charge is 2.56. The number of alkyl halides is 2. The van der Waals surface area contributed by atoms with Crippen molar-refractivity contribution < 1.29 is 18.7 Å². The third-order valence-corrected chi connectivity index (χ3v) is 4.99. The van der Waals surface area contributed by atoms with Crippen molar-refractivity contribution in [2.24, 2.45) is 5.92 Å². The lowest BCUT2D eigenvalue weighted by Gasteiger charge is -1.91. The maximum absolute atomic E-state index is 11.6. The molecule has 9 heteroatoms. The SMILES string of the molecule is CNc1nc(-c2sc(CO)nc2C)cs1.O=CC1CC1(F)F. The maximum Gasteiger partial charge on any atom is 0.258 e. The molecule has 5 nitrogen and oxygen atoms in total. The number of carbonyl (C=O) groups is 1. The zero-order chi connectivity index (χ0) is 16.3. The van der Waals surface area contributed by atoms with E-state index in [-0.39, 0.29) is 13.0 Å². The van der Waals surface area contributed by atoms with E-state index in [1.165, 1.54) is 11.3 Å². The summed E-state index contributed by atoms with van der Waals surface area (Å²) in [6.07, 6.45) is 0.0660. The number of aldehydes is 1. The number of aliphatic hydroxyl groups is 1. The molecule has 2 aromatic rings. The van der Waals surface area contributed by atoms with Crippen molar-refractivity contribution in [3.63, 3.8) is 0 Å². The smallest absolute Gasteiger partial charge is 0.258 e. The molecule has 1 atom stereocenters. The molecule has 1 aliphatic rings. The van der Waals surface area contributed by atoms with E-state index >= 15 is 0 Å². The number of carbonyl (C=O) groups excluding carboxylic acids is 1. The largest absolute Gasteiger partial charge is 0.389 e. The summed E-state index contributed by atoms with van der Waals surface area (Å²) in [6, 6.07) is 0. The molecule has 1 aliphatic carbocycles. The van der Waals surface area contributed by atoms with Crippen LogP contribution in [0.25, 0.3) is 10.6 Å². The summed E-state index contributed by atoms with van der Waals surface area (Å²) in [5.41, 5.74) is 1.86. The Kier molecular flexibility index (Phi) is 5.20. The number of hydrogen-bond acceptors (Lipinski definition) is 7. The molecule has 0 saturated heterocycles. The number of aliphatic hydroxyl groups excluding tert-OH is 1. The van der Waals surface area contributed by atoms with Gasteiger partial charge in [-0.25, -0.2) is 18.7 Å². The van der Waals surface area contributed by atoms with E-state index in [0.29, 0.717) is 6.29 Å². The van der Waals surface area contributed by atoms with E-state index in [9.17, 15) is 13.6 Å². The fraction of sp³-hybridized carbons (Fsp3) is 0.462. The highest BCUT2D eigenvalue weighted by molar-refractivity contribution is 7.16. The number of thiazole rings is 2. The van der Waals surface area contributed by atoms with Crippen molar-refractivity contribution in [3.8, 4) is 10.6 Å². The minimum Gasteiger partial charge on any atom is -0.389 e. The number of aryl methyl sites for hydroxylation is 1. The van der Waals surface area contributed by atoms with Gasteiger partial charge in [0.1, 0.15) is 11.3 Å². The van der Waals surface area contributed by atoms with E-state index in [1.807, 2.05) is 19.4 Å². The van der Waals surface area contributed by atoms with Crippen LogP contribution in [0.3, 0.4) is 0 Å². The van der Waals surface area contributed by atoms with Crippen molar-refractivity contribution in [1.29, 1.82) is 0 Å². The van der Waals surface area contributed by atoms with Crippen LogP contribution in [0, 0.1) is 12.8 Å². The minimum absolute atomic E-state index is 0.00543. The predicted molar refractivity (Wildman–Crippen MR) is 82.5 cm³/mol. The summed E-state index contributed by atoms with van der Waals surface area (Å²) in [5.74, 6) is -3.62. The Bertz CT molecular complexity index is 658. The van der Waals surface area contributed by atoms with Crippen LogP contribution in [0.5, 0.6) is 0 Å². The van der Waals surface area contributed by atoms with Crippen molar-refractivity contribution in [2.75, 3.05) is 12.4 Å². The molecule has 22 heavy (non-hydrogen) atoms. The van der Waals surface area contributed by atoms with Crippen LogP contribution in [-0.2, 0) is 11.4 Å². The van der Waals surface area contributed by atoms with Gasteiger partial charge < -0.3 is 15.2 Å². The first-order chi connectivity index (χ1) is 10.4. The molecule has 0 radical (unpaired) electrons. The van der Waals surface area contributed by atoms with Crippen LogP contribution >= 0.6 is 22.7 Å². The molecule has 0 aliphatic heterocycles. The van der Waals surface area contributed by atoms with E-state index in [4.69, 9.17) is 5.11 Å². The van der Waals surface area contributed by atoms with Crippen molar-refractivity contribution in [2.45, 2.75) is 25.9 Å². The summed E-state index contributed by atoms with van der Waals surface area (Å²) >= 11 is 3.06. The van der Waals surface area contributed by atoms with E-state index in [2.05, 4.69) is 15.3 Å². The number of nitrogens with zero attached hydrogens (tertiary/aromatic N) is 2. The molecule has 1 saturated carbocycles. The highest BCUT2D eigenvalue weighted by atomic mass is 32.1. The Morgan fingerprint density at radius 3 is 2.59 bits per heavy atom. The molecular formula is C13H15F2N3O2S2. The molecule has 120 valence electrons. The van der Waals surface area contributed by atoms with Crippen molar-refractivity contribution >= 4 is 34.1 Å². The lowest BCUT2D eigenvalue weighted by Crippen LogP contribution is -1.92. The first-order valence-corrected chi connectivity index (χ1v) is 8.14. The summed E-state index contributed by atoms with van der Waals surface area (Å²) in [4.78, 5) is 19.2. The van der Waals surface area contributed by atoms with Crippen molar-refractivity contribution in [1.82, 2.24) is 9.97 Å². The van der Waals surface area contributed by atoms with Gasteiger partial charge in [-0.15, -0.1) is 22.7 Å². The molecule has 1 fully saturated rings. The molecule has 2 N–H and O–H groups in total. The number of aromatic nitrogens is 2. The second-order valence-electron chi connectivity index (χ2n) is 4.68. The second kappa shape index (κ2) is 6.76. The van der Waals surface area contributed by atoms with Gasteiger partial charge in [0.25, 0.3) is 5.92 Å². The predicted octanol–water partition coefficient (Wildman–Crippen LogP) is 2.95. The Morgan fingerprint density at radius 1 is 1.55 bits per heavy atom. The number of hydrogen-bond donors (Lipinski definition) is 2. The number of nitrogens with one attached hydrogen (secondary N) is 1. The Labute approximate surface area is 134 Å². The molecular weight excluding hydrogens is 332 g/mol. The zero-order valence-corrected chi connectivity index (χ0v) is 13.6. The van der Waals surface area contributed by atoms with Gasteiger partial charge in [0.2, 0.25) is 0 Å². The first kappa shape index (κ1) is 16.9. The normalized spacial score (nSPS) is 18.3. The summed E-state index contributed by atoms with van der Waals surface area (Å²) in [7, 11) is 1.85. The number of anilines is 1. The molecule has 2 heterocycles. The van der Waals surface area contributed by atoms with Gasteiger partial charge in [-0.2, -0.15) is 0 Å².